The summed E-state index contributed by atoms with van der Waals surface area (Å²) in [7, 11) is 2.11. The molecule has 2 aliphatic heterocycles. The average molecular weight is 351 g/mol. The maximum absolute atomic E-state index is 13.2. The van der Waals surface area contributed by atoms with Gasteiger partial charge in [-0.3, -0.25) is 4.90 Å². The molecule has 136 valence electrons. The van der Waals surface area contributed by atoms with Crippen molar-refractivity contribution in [2.24, 2.45) is 0 Å². The molecule has 0 unspecified atom stereocenters. The SMILES string of the molecule is CN1[C@H]2CC[C@@H]1[C@H](OC(=O)C(O)(c1ccccc1)c1ccccc1)CC2. The lowest BCUT2D eigenvalue weighted by atomic mass is 9.86. The lowest BCUT2D eigenvalue weighted by Crippen LogP contribution is -2.49. The summed E-state index contributed by atoms with van der Waals surface area (Å²) < 4.78 is 5.94. The van der Waals surface area contributed by atoms with Gasteiger partial charge < -0.3 is 9.84 Å². The normalized spacial score (nSPS) is 25.8. The zero-order chi connectivity index (χ0) is 18.1. The summed E-state index contributed by atoms with van der Waals surface area (Å²) in [5.41, 5.74) is -0.731. The topological polar surface area (TPSA) is 49.8 Å². The van der Waals surface area contributed by atoms with Crippen LogP contribution in [0.3, 0.4) is 0 Å². The van der Waals surface area contributed by atoms with Crippen molar-refractivity contribution >= 4 is 5.97 Å². The van der Waals surface area contributed by atoms with Crippen molar-refractivity contribution in [3.05, 3.63) is 71.8 Å². The van der Waals surface area contributed by atoms with Gasteiger partial charge in [0.05, 0.1) is 0 Å². The molecule has 3 atom stereocenters. The molecular weight excluding hydrogens is 326 g/mol. The molecule has 0 aromatic heterocycles. The number of aliphatic hydroxyl groups is 1. The lowest BCUT2D eigenvalue weighted by molar-refractivity contribution is -0.173. The summed E-state index contributed by atoms with van der Waals surface area (Å²) in [5, 5.41) is 11.5. The molecule has 2 aromatic carbocycles. The first-order chi connectivity index (χ1) is 12.6. The van der Waals surface area contributed by atoms with E-state index in [9.17, 15) is 9.90 Å². The van der Waals surface area contributed by atoms with E-state index in [-0.39, 0.29) is 12.1 Å². The fraction of sp³-hybridized carbons (Fsp3) is 0.409. The Labute approximate surface area is 154 Å². The van der Waals surface area contributed by atoms with E-state index in [4.69, 9.17) is 4.74 Å². The molecule has 4 heteroatoms. The zero-order valence-electron chi connectivity index (χ0n) is 15.0. The molecule has 4 rings (SSSR count). The minimum Gasteiger partial charge on any atom is -0.458 e. The molecule has 2 fully saturated rings. The van der Waals surface area contributed by atoms with Crippen molar-refractivity contribution in [1.29, 1.82) is 0 Å². The van der Waals surface area contributed by atoms with Gasteiger partial charge in [-0.05, 0) is 43.9 Å². The number of ether oxygens (including phenoxy) is 1. The summed E-state index contributed by atoms with van der Waals surface area (Å²) in [6.45, 7) is 0. The van der Waals surface area contributed by atoms with E-state index < -0.39 is 11.6 Å². The Kier molecular flexibility index (Phi) is 4.55. The number of benzene rings is 2. The maximum Gasteiger partial charge on any atom is 0.348 e. The van der Waals surface area contributed by atoms with Gasteiger partial charge in [-0.25, -0.2) is 4.79 Å². The number of piperidine rings is 1. The molecule has 0 radical (unpaired) electrons. The molecule has 2 bridgehead atoms. The predicted molar refractivity (Wildman–Crippen MR) is 99.6 cm³/mol. The Morgan fingerprint density at radius 1 is 0.962 bits per heavy atom. The highest BCUT2D eigenvalue weighted by Gasteiger charge is 2.47. The van der Waals surface area contributed by atoms with E-state index in [0.29, 0.717) is 17.2 Å². The smallest absolute Gasteiger partial charge is 0.348 e. The Balaban J connectivity index is 1.65. The second kappa shape index (κ2) is 6.86. The van der Waals surface area contributed by atoms with Crippen LogP contribution in [0.1, 0.15) is 36.8 Å². The Hall–Kier alpha value is -2.17. The standard InChI is InChI=1S/C22H25NO3/c1-23-18-12-14-19(23)20(15-13-18)26-21(24)22(25,16-8-4-2-5-9-16)17-10-6-3-7-11-17/h2-11,18-20,25H,12-15H2,1H3/t18-,19+,20+/m0/s1. The number of carbonyl (C=O) groups is 1. The highest BCUT2D eigenvalue weighted by atomic mass is 16.6. The second-order valence-electron chi connectivity index (χ2n) is 7.43. The molecule has 0 saturated carbocycles. The fourth-order valence-electron chi connectivity index (χ4n) is 4.51. The van der Waals surface area contributed by atoms with Crippen LogP contribution in [0.2, 0.25) is 0 Å². The Bertz CT molecular complexity index is 722. The minimum absolute atomic E-state index is 0.162. The molecule has 0 aliphatic carbocycles. The first-order valence-corrected chi connectivity index (χ1v) is 9.37. The van der Waals surface area contributed by atoms with Crippen LogP contribution in [0.25, 0.3) is 0 Å². The molecule has 2 saturated heterocycles. The van der Waals surface area contributed by atoms with Gasteiger partial charge in [0, 0.05) is 12.1 Å². The number of esters is 1. The highest BCUT2D eigenvalue weighted by molar-refractivity contribution is 5.85. The number of carbonyl (C=O) groups excluding carboxylic acids is 1. The van der Waals surface area contributed by atoms with Gasteiger partial charge in [0.15, 0.2) is 0 Å². The molecule has 1 N–H and O–H groups in total. The fourth-order valence-corrected chi connectivity index (χ4v) is 4.51. The second-order valence-corrected chi connectivity index (χ2v) is 7.43. The van der Waals surface area contributed by atoms with Gasteiger partial charge in [-0.1, -0.05) is 60.7 Å². The minimum atomic E-state index is -1.80. The van der Waals surface area contributed by atoms with E-state index in [1.165, 1.54) is 0 Å². The first kappa shape index (κ1) is 17.3. The molecule has 2 aromatic rings. The maximum atomic E-state index is 13.2. The summed E-state index contributed by atoms with van der Waals surface area (Å²) >= 11 is 0. The molecule has 26 heavy (non-hydrogen) atoms. The van der Waals surface area contributed by atoms with Crippen LogP contribution < -0.4 is 0 Å². The van der Waals surface area contributed by atoms with Crippen LogP contribution in [0, 0.1) is 0 Å². The first-order valence-electron chi connectivity index (χ1n) is 9.37. The summed E-state index contributed by atoms with van der Waals surface area (Å²) in [6, 6.07) is 19.0. The van der Waals surface area contributed by atoms with E-state index in [1.54, 1.807) is 24.3 Å². The molecular formula is C22H25NO3. The van der Waals surface area contributed by atoms with Crippen molar-refractivity contribution < 1.29 is 14.6 Å². The molecule has 2 aliphatic rings. The van der Waals surface area contributed by atoms with Crippen LogP contribution >= 0.6 is 0 Å². The quantitative estimate of drug-likeness (QED) is 0.860. The third-order valence-electron chi connectivity index (χ3n) is 6.05. The molecule has 0 spiro atoms. The van der Waals surface area contributed by atoms with E-state index >= 15 is 0 Å². The monoisotopic (exact) mass is 351 g/mol. The van der Waals surface area contributed by atoms with Crippen LogP contribution in [-0.4, -0.2) is 41.2 Å². The van der Waals surface area contributed by atoms with Crippen molar-refractivity contribution in [2.45, 2.75) is 49.5 Å². The number of hydrogen-bond acceptors (Lipinski definition) is 4. The van der Waals surface area contributed by atoms with Gasteiger partial charge >= 0.3 is 5.97 Å². The van der Waals surface area contributed by atoms with E-state index in [0.717, 1.165) is 25.7 Å². The lowest BCUT2D eigenvalue weighted by Gasteiger charge is -2.38. The number of likely N-dealkylation sites (N-methyl/N-ethyl adjacent to an activating group) is 1. The number of fused-ring (bicyclic) bond motifs is 2. The highest BCUT2D eigenvalue weighted by Crippen LogP contribution is 2.38. The van der Waals surface area contributed by atoms with Crippen molar-refractivity contribution in [3.63, 3.8) is 0 Å². The number of hydrogen-bond donors (Lipinski definition) is 1. The van der Waals surface area contributed by atoms with Crippen molar-refractivity contribution in [2.75, 3.05) is 7.05 Å². The third-order valence-corrected chi connectivity index (χ3v) is 6.05. The number of rotatable bonds is 4. The van der Waals surface area contributed by atoms with E-state index in [1.807, 2.05) is 36.4 Å². The van der Waals surface area contributed by atoms with Gasteiger partial charge in [-0.15, -0.1) is 0 Å². The summed E-state index contributed by atoms with van der Waals surface area (Å²) in [4.78, 5) is 15.6. The summed E-state index contributed by atoms with van der Waals surface area (Å²) in [5.74, 6) is -0.585. The summed E-state index contributed by atoms with van der Waals surface area (Å²) in [6.07, 6.45) is 3.96. The van der Waals surface area contributed by atoms with Crippen LogP contribution in [0.4, 0.5) is 0 Å². The Morgan fingerprint density at radius 3 is 2.08 bits per heavy atom. The zero-order valence-corrected chi connectivity index (χ0v) is 15.0. The van der Waals surface area contributed by atoms with Gasteiger partial charge in [0.25, 0.3) is 0 Å². The van der Waals surface area contributed by atoms with Gasteiger partial charge in [0.1, 0.15) is 6.10 Å². The number of nitrogens with zero attached hydrogens (tertiary/aromatic N) is 1. The molecule has 2 heterocycles. The predicted octanol–water partition coefficient (Wildman–Crippen LogP) is 3.09. The van der Waals surface area contributed by atoms with Crippen molar-refractivity contribution in [3.8, 4) is 0 Å². The third kappa shape index (κ3) is 2.83. The van der Waals surface area contributed by atoms with Crippen LogP contribution in [0.5, 0.6) is 0 Å². The molecule has 0 amide bonds. The van der Waals surface area contributed by atoms with Gasteiger partial charge in [0.2, 0.25) is 5.60 Å². The average Bonchev–Trinajstić information content (AvgIpc) is 2.92. The largest absolute Gasteiger partial charge is 0.458 e. The van der Waals surface area contributed by atoms with Crippen LogP contribution in [0.15, 0.2) is 60.7 Å². The molecule has 4 nitrogen and oxygen atoms in total. The Morgan fingerprint density at radius 2 is 1.50 bits per heavy atom. The van der Waals surface area contributed by atoms with Crippen LogP contribution in [-0.2, 0) is 15.1 Å². The van der Waals surface area contributed by atoms with E-state index in [2.05, 4.69) is 11.9 Å². The van der Waals surface area contributed by atoms with Gasteiger partial charge in [-0.2, -0.15) is 0 Å². The van der Waals surface area contributed by atoms with Crippen molar-refractivity contribution in [1.82, 2.24) is 4.90 Å².